The zero-order valence-corrected chi connectivity index (χ0v) is 10.6. The van der Waals surface area contributed by atoms with E-state index in [2.05, 4.69) is 15.9 Å². The molecule has 3 N–H and O–H groups in total. The van der Waals surface area contributed by atoms with Crippen molar-refractivity contribution in [1.82, 2.24) is 0 Å². The average molecular weight is 290 g/mol. The lowest BCUT2D eigenvalue weighted by Crippen LogP contribution is -2.20. The second-order valence-electron chi connectivity index (χ2n) is 3.90. The molecule has 1 rings (SSSR count). The zero-order chi connectivity index (χ0) is 12.5. The van der Waals surface area contributed by atoms with Crippen LogP contribution in [0.5, 0.6) is 5.75 Å². The molecule has 0 aliphatic rings. The van der Waals surface area contributed by atoms with Crippen molar-refractivity contribution in [3.8, 4) is 5.75 Å². The first kappa shape index (κ1) is 13.0. The monoisotopic (exact) mass is 289 g/mol. The van der Waals surface area contributed by atoms with E-state index in [9.17, 15) is 14.3 Å². The largest absolute Gasteiger partial charge is 0.507 e. The summed E-state index contributed by atoms with van der Waals surface area (Å²) in [6, 6.07) is 2.01. The number of carbonyl (C=O) groups excluding carboxylic acids is 1. The van der Waals surface area contributed by atoms with Crippen LogP contribution in [0.15, 0.2) is 12.1 Å². The summed E-state index contributed by atoms with van der Waals surface area (Å²) in [6.45, 7) is 3.72. The first-order chi connectivity index (χ1) is 7.34. The Bertz CT molecular complexity index is 421. The van der Waals surface area contributed by atoms with Crippen LogP contribution in [0.3, 0.4) is 0 Å². The number of hydrogen-bond acceptors (Lipinski definition) is 3. The Morgan fingerprint density at radius 3 is 2.56 bits per heavy atom. The molecule has 0 aromatic heterocycles. The summed E-state index contributed by atoms with van der Waals surface area (Å²) in [4.78, 5) is 11.5. The maximum Gasteiger partial charge on any atom is 0.180 e. The summed E-state index contributed by atoms with van der Waals surface area (Å²) in [5, 5.41) is 9.48. The number of phenols is 1. The Morgan fingerprint density at radius 2 is 2.06 bits per heavy atom. The SMILES string of the molecule is CC(C)C(Br)C(=O)c1cc(N)c(F)cc1O. The molecule has 0 radical (unpaired) electrons. The van der Waals surface area contributed by atoms with E-state index in [-0.39, 0.29) is 28.7 Å². The number of anilines is 1. The van der Waals surface area contributed by atoms with Gasteiger partial charge in [0.15, 0.2) is 5.78 Å². The van der Waals surface area contributed by atoms with Crippen LogP contribution in [-0.4, -0.2) is 15.7 Å². The molecular formula is C11H13BrFNO2. The predicted octanol–water partition coefficient (Wildman–Crippen LogP) is 2.72. The summed E-state index contributed by atoms with van der Waals surface area (Å²) < 4.78 is 13.0. The van der Waals surface area contributed by atoms with Crippen LogP contribution in [0.2, 0.25) is 0 Å². The number of alkyl halides is 1. The number of rotatable bonds is 3. The lowest BCUT2D eigenvalue weighted by Gasteiger charge is -2.13. The summed E-state index contributed by atoms with van der Waals surface area (Å²) in [5.41, 5.74) is 5.24. The Hall–Kier alpha value is -1.10. The molecule has 0 bridgehead atoms. The molecule has 0 aliphatic carbocycles. The molecule has 0 aliphatic heterocycles. The highest BCUT2D eigenvalue weighted by Crippen LogP contribution is 2.27. The molecule has 1 unspecified atom stereocenters. The molecule has 1 atom stereocenters. The molecule has 0 saturated heterocycles. The highest BCUT2D eigenvalue weighted by atomic mass is 79.9. The summed E-state index contributed by atoms with van der Waals surface area (Å²) >= 11 is 3.23. The van der Waals surface area contributed by atoms with Crippen molar-refractivity contribution < 1.29 is 14.3 Å². The van der Waals surface area contributed by atoms with Crippen LogP contribution in [0.25, 0.3) is 0 Å². The molecule has 16 heavy (non-hydrogen) atoms. The Labute approximate surface area is 102 Å². The van der Waals surface area contributed by atoms with Crippen molar-refractivity contribution in [1.29, 1.82) is 0 Å². The van der Waals surface area contributed by atoms with Gasteiger partial charge in [-0.15, -0.1) is 0 Å². The van der Waals surface area contributed by atoms with E-state index in [1.54, 1.807) is 0 Å². The van der Waals surface area contributed by atoms with Gasteiger partial charge in [0.25, 0.3) is 0 Å². The minimum Gasteiger partial charge on any atom is -0.507 e. The molecule has 3 nitrogen and oxygen atoms in total. The van der Waals surface area contributed by atoms with Gasteiger partial charge in [0.05, 0.1) is 16.1 Å². The first-order valence-electron chi connectivity index (χ1n) is 4.81. The normalized spacial score (nSPS) is 12.8. The van der Waals surface area contributed by atoms with Crippen molar-refractivity contribution in [2.24, 2.45) is 5.92 Å². The maximum absolute atomic E-state index is 13.0. The van der Waals surface area contributed by atoms with Crippen molar-refractivity contribution >= 4 is 27.4 Å². The van der Waals surface area contributed by atoms with Gasteiger partial charge in [0, 0.05) is 6.07 Å². The van der Waals surface area contributed by atoms with E-state index in [4.69, 9.17) is 5.73 Å². The van der Waals surface area contributed by atoms with Gasteiger partial charge in [-0.1, -0.05) is 29.8 Å². The summed E-state index contributed by atoms with van der Waals surface area (Å²) in [7, 11) is 0. The van der Waals surface area contributed by atoms with Gasteiger partial charge in [-0.3, -0.25) is 4.79 Å². The minimum atomic E-state index is -0.732. The number of hydrogen-bond donors (Lipinski definition) is 2. The zero-order valence-electron chi connectivity index (χ0n) is 9.00. The van der Waals surface area contributed by atoms with Gasteiger partial charge in [-0.2, -0.15) is 0 Å². The first-order valence-corrected chi connectivity index (χ1v) is 5.72. The molecule has 0 spiro atoms. The molecule has 88 valence electrons. The van der Waals surface area contributed by atoms with E-state index in [0.717, 1.165) is 12.1 Å². The highest BCUT2D eigenvalue weighted by molar-refractivity contribution is 9.10. The van der Waals surface area contributed by atoms with Gasteiger partial charge in [0.2, 0.25) is 0 Å². The fourth-order valence-corrected chi connectivity index (χ4v) is 1.47. The van der Waals surface area contributed by atoms with E-state index in [0.29, 0.717) is 0 Å². The summed E-state index contributed by atoms with van der Waals surface area (Å²) in [6.07, 6.45) is 0. The highest BCUT2D eigenvalue weighted by Gasteiger charge is 2.23. The van der Waals surface area contributed by atoms with Crippen LogP contribution in [-0.2, 0) is 0 Å². The van der Waals surface area contributed by atoms with E-state index < -0.39 is 10.6 Å². The van der Waals surface area contributed by atoms with Crippen LogP contribution in [0.1, 0.15) is 24.2 Å². The number of nitrogens with two attached hydrogens (primary N) is 1. The third-order valence-corrected chi connectivity index (χ3v) is 3.69. The smallest absolute Gasteiger partial charge is 0.180 e. The fraction of sp³-hybridized carbons (Fsp3) is 0.364. The fourth-order valence-electron chi connectivity index (χ4n) is 1.23. The topological polar surface area (TPSA) is 63.3 Å². The van der Waals surface area contributed by atoms with Crippen LogP contribution < -0.4 is 5.73 Å². The third kappa shape index (κ3) is 2.52. The second kappa shape index (κ2) is 4.82. The predicted molar refractivity (Wildman–Crippen MR) is 64.4 cm³/mol. The average Bonchev–Trinajstić information content (AvgIpc) is 2.21. The second-order valence-corrected chi connectivity index (χ2v) is 4.89. The van der Waals surface area contributed by atoms with Gasteiger partial charge < -0.3 is 10.8 Å². The van der Waals surface area contributed by atoms with Crippen molar-refractivity contribution in [3.05, 3.63) is 23.5 Å². The Kier molecular flexibility index (Phi) is 3.91. The van der Waals surface area contributed by atoms with Gasteiger partial charge in [-0.05, 0) is 12.0 Å². The Balaban J connectivity index is 3.14. The lowest BCUT2D eigenvalue weighted by molar-refractivity contribution is 0.0975. The number of phenolic OH excluding ortho intramolecular Hbond substituents is 1. The molecule has 5 heteroatoms. The molecule has 0 saturated carbocycles. The maximum atomic E-state index is 13.0. The lowest BCUT2D eigenvalue weighted by atomic mass is 10.00. The molecule has 0 heterocycles. The van der Waals surface area contributed by atoms with Crippen molar-refractivity contribution in [2.75, 3.05) is 5.73 Å². The van der Waals surface area contributed by atoms with Crippen LogP contribution in [0.4, 0.5) is 10.1 Å². The molecule has 1 aromatic carbocycles. The molecular weight excluding hydrogens is 277 g/mol. The summed E-state index contributed by atoms with van der Waals surface area (Å²) in [5.74, 6) is -1.36. The third-order valence-electron chi connectivity index (χ3n) is 2.22. The van der Waals surface area contributed by atoms with Crippen LogP contribution in [0, 0.1) is 11.7 Å². The van der Waals surface area contributed by atoms with Gasteiger partial charge >= 0.3 is 0 Å². The number of Topliss-reactive ketones (excluding diaryl/α,β-unsaturated/α-hetero) is 1. The van der Waals surface area contributed by atoms with E-state index >= 15 is 0 Å². The standard InChI is InChI=1S/C11H13BrFNO2/c1-5(2)10(12)11(16)6-3-8(14)7(13)4-9(6)15/h3-5,10,15H,14H2,1-2H3. The van der Waals surface area contributed by atoms with E-state index in [1.165, 1.54) is 0 Å². The number of ketones is 1. The molecule has 1 aromatic rings. The minimum absolute atomic E-state index is 0.0366. The Morgan fingerprint density at radius 1 is 1.50 bits per heavy atom. The number of carbonyl (C=O) groups is 1. The number of aromatic hydroxyl groups is 1. The molecule has 0 fully saturated rings. The van der Waals surface area contributed by atoms with Crippen LogP contribution >= 0.6 is 15.9 Å². The molecule has 0 amide bonds. The van der Waals surface area contributed by atoms with E-state index in [1.807, 2.05) is 13.8 Å². The number of nitrogen functional groups attached to an aromatic ring is 1. The number of halogens is 2. The van der Waals surface area contributed by atoms with Crippen molar-refractivity contribution in [3.63, 3.8) is 0 Å². The van der Waals surface area contributed by atoms with Gasteiger partial charge in [0.1, 0.15) is 11.6 Å². The number of benzene rings is 1. The quantitative estimate of drug-likeness (QED) is 0.389. The van der Waals surface area contributed by atoms with Gasteiger partial charge in [-0.25, -0.2) is 4.39 Å². The van der Waals surface area contributed by atoms with Crippen molar-refractivity contribution in [2.45, 2.75) is 18.7 Å².